The van der Waals surface area contributed by atoms with Gasteiger partial charge in [0.05, 0.1) is 12.8 Å². The van der Waals surface area contributed by atoms with E-state index in [1.54, 1.807) is 49.6 Å². The lowest BCUT2D eigenvalue weighted by atomic mass is 10.2. The van der Waals surface area contributed by atoms with Crippen molar-refractivity contribution >= 4 is 39.2 Å². The number of urea groups is 1. The number of benzene rings is 2. The Kier molecular flexibility index (Phi) is 6.24. The molecule has 7 nitrogen and oxygen atoms in total. The van der Waals surface area contributed by atoms with Gasteiger partial charge in [-0.15, -0.1) is 0 Å². The van der Waals surface area contributed by atoms with Crippen molar-refractivity contribution in [1.29, 1.82) is 0 Å². The maximum Gasteiger partial charge on any atom is 0.336 e. The predicted octanol–water partition coefficient (Wildman–Crippen LogP) is 3.91. The molecule has 30 heavy (non-hydrogen) atoms. The summed E-state index contributed by atoms with van der Waals surface area (Å²) in [4.78, 5) is 30.5. The van der Waals surface area contributed by atoms with E-state index >= 15 is 0 Å². The van der Waals surface area contributed by atoms with Crippen LogP contribution < -0.4 is 19.3 Å². The summed E-state index contributed by atoms with van der Waals surface area (Å²) in [5.74, 6) is 0.895. The number of hydrogen-bond donors (Lipinski definition) is 0. The molecule has 2 saturated heterocycles. The normalized spacial score (nSPS) is 17.1. The molecule has 2 fully saturated rings. The molecular weight excluding hydrogens is 450 g/mol. The first-order chi connectivity index (χ1) is 14.6. The molecule has 0 unspecified atom stereocenters. The Morgan fingerprint density at radius 3 is 2.37 bits per heavy atom. The van der Waals surface area contributed by atoms with Gasteiger partial charge in [0.15, 0.2) is 11.5 Å². The van der Waals surface area contributed by atoms with Gasteiger partial charge < -0.3 is 9.47 Å². The fraction of sp³-hybridized carbons (Fsp3) is 0.364. The molecule has 0 bridgehead atoms. The Morgan fingerprint density at radius 1 is 0.967 bits per heavy atom. The van der Waals surface area contributed by atoms with Gasteiger partial charge in [-0.25, -0.2) is 9.69 Å². The van der Waals surface area contributed by atoms with E-state index in [0.717, 1.165) is 24.1 Å². The van der Waals surface area contributed by atoms with Gasteiger partial charge in [0.2, 0.25) is 0 Å². The summed E-state index contributed by atoms with van der Waals surface area (Å²) < 4.78 is 12.3. The van der Waals surface area contributed by atoms with Gasteiger partial charge in [-0.3, -0.25) is 14.6 Å². The molecule has 8 heteroatoms. The largest absolute Gasteiger partial charge is 0.493 e. The van der Waals surface area contributed by atoms with Gasteiger partial charge in [0.25, 0.3) is 5.91 Å². The summed E-state index contributed by atoms with van der Waals surface area (Å²) in [6, 6.07) is 12.0. The van der Waals surface area contributed by atoms with Crippen molar-refractivity contribution in [2.24, 2.45) is 0 Å². The molecule has 0 radical (unpaired) electrons. The van der Waals surface area contributed by atoms with Gasteiger partial charge in [-0.2, -0.15) is 0 Å². The second kappa shape index (κ2) is 9.06. The third-order valence-electron chi connectivity index (χ3n) is 5.37. The van der Waals surface area contributed by atoms with Crippen molar-refractivity contribution in [3.05, 3.63) is 46.9 Å². The number of methoxy groups -OCH3 is 1. The van der Waals surface area contributed by atoms with Gasteiger partial charge in [-0.05, 0) is 62.3 Å². The van der Waals surface area contributed by atoms with Crippen LogP contribution in [0.3, 0.4) is 0 Å². The second-order valence-electron chi connectivity index (χ2n) is 7.31. The zero-order chi connectivity index (χ0) is 21.1. The van der Waals surface area contributed by atoms with E-state index in [1.165, 1.54) is 22.6 Å². The van der Waals surface area contributed by atoms with Crippen LogP contribution in [-0.4, -0.2) is 56.7 Å². The number of ether oxygens (including phenoxy) is 2. The molecule has 2 aliphatic rings. The monoisotopic (exact) mass is 473 g/mol. The number of rotatable bonds is 7. The second-order valence-corrected chi connectivity index (χ2v) is 8.22. The first kappa shape index (κ1) is 20.7. The van der Waals surface area contributed by atoms with Crippen molar-refractivity contribution < 1.29 is 19.1 Å². The van der Waals surface area contributed by atoms with Gasteiger partial charge >= 0.3 is 6.03 Å². The molecule has 3 amide bonds. The van der Waals surface area contributed by atoms with Crippen LogP contribution in [0.4, 0.5) is 16.2 Å². The highest BCUT2D eigenvalue weighted by molar-refractivity contribution is 9.10. The molecule has 2 aliphatic heterocycles. The van der Waals surface area contributed by atoms with Crippen molar-refractivity contribution in [3.8, 4) is 11.5 Å². The molecule has 2 aromatic rings. The molecule has 2 aromatic carbocycles. The van der Waals surface area contributed by atoms with Crippen molar-refractivity contribution in [3.63, 3.8) is 0 Å². The van der Waals surface area contributed by atoms with Crippen LogP contribution >= 0.6 is 15.9 Å². The maximum atomic E-state index is 12.9. The highest BCUT2D eigenvalue weighted by Crippen LogP contribution is 2.34. The van der Waals surface area contributed by atoms with Crippen LogP contribution in [0.2, 0.25) is 0 Å². The third-order valence-corrected chi connectivity index (χ3v) is 5.90. The number of carbonyl (C=O) groups is 2. The summed E-state index contributed by atoms with van der Waals surface area (Å²) in [5.41, 5.74) is 1.14. The lowest BCUT2D eigenvalue weighted by Crippen LogP contribution is -2.33. The van der Waals surface area contributed by atoms with Crippen molar-refractivity contribution in [2.75, 3.05) is 49.7 Å². The van der Waals surface area contributed by atoms with E-state index in [0.29, 0.717) is 29.5 Å². The Bertz CT molecular complexity index is 928. The van der Waals surface area contributed by atoms with Crippen LogP contribution in [0.15, 0.2) is 46.9 Å². The number of amides is 3. The van der Waals surface area contributed by atoms with Crippen molar-refractivity contribution in [1.82, 2.24) is 4.90 Å². The number of likely N-dealkylation sites (tertiary alicyclic amines) is 1. The first-order valence-electron chi connectivity index (χ1n) is 10.00. The molecule has 0 spiro atoms. The summed E-state index contributed by atoms with van der Waals surface area (Å²) in [6.45, 7) is 3.69. The number of nitrogens with zero attached hydrogens (tertiary/aromatic N) is 3. The molecule has 0 saturated carbocycles. The van der Waals surface area contributed by atoms with Crippen LogP contribution in [0.25, 0.3) is 0 Å². The zero-order valence-corrected chi connectivity index (χ0v) is 18.4. The summed E-state index contributed by atoms with van der Waals surface area (Å²) >= 11 is 3.37. The van der Waals surface area contributed by atoms with E-state index in [4.69, 9.17) is 9.47 Å². The fourth-order valence-electron chi connectivity index (χ4n) is 3.78. The summed E-state index contributed by atoms with van der Waals surface area (Å²) in [7, 11) is 1.57. The Balaban J connectivity index is 1.47. The highest BCUT2D eigenvalue weighted by atomic mass is 79.9. The number of hydrogen-bond acceptors (Lipinski definition) is 5. The Morgan fingerprint density at radius 2 is 1.67 bits per heavy atom. The van der Waals surface area contributed by atoms with Crippen LogP contribution in [0.1, 0.15) is 12.8 Å². The lowest BCUT2D eigenvalue weighted by molar-refractivity contribution is -0.115. The topological polar surface area (TPSA) is 62.3 Å². The molecule has 158 valence electrons. The Labute approximate surface area is 184 Å². The molecule has 0 aromatic heterocycles. The van der Waals surface area contributed by atoms with Crippen LogP contribution in [0.5, 0.6) is 11.5 Å². The van der Waals surface area contributed by atoms with Crippen LogP contribution in [0, 0.1) is 0 Å². The Hall–Kier alpha value is -2.58. The quantitative estimate of drug-likeness (QED) is 0.570. The average molecular weight is 474 g/mol. The van der Waals surface area contributed by atoms with Gasteiger partial charge in [-0.1, -0.05) is 15.9 Å². The van der Waals surface area contributed by atoms with E-state index < -0.39 is 0 Å². The molecule has 0 N–H and O–H groups in total. The third kappa shape index (κ3) is 4.29. The minimum Gasteiger partial charge on any atom is -0.493 e. The van der Waals surface area contributed by atoms with Crippen LogP contribution in [-0.2, 0) is 4.79 Å². The number of halogens is 1. The summed E-state index contributed by atoms with van der Waals surface area (Å²) in [5, 5.41) is 0. The summed E-state index contributed by atoms with van der Waals surface area (Å²) in [6.07, 6.45) is 2.50. The van der Waals surface area contributed by atoms with E-state index in [9.17, 15) is 9.59 Å². The number of imide groups is 1. The smallest absolute Gasteiger partial charge is 0.336 e. The van der Waals surface area contributed by atoms with Gasteiger partial charge in [0.1, 0.15) is 13.2 Å². The molecule has 0 atom stereocenters. The molecule has 0 aliphatic carbocycles. The van der Waals surface area contributed by atoms with Gasteiger partial charge in [0, 0.05) is 22.8 Å². The molecule has 4 rings (SSSR count). The van der Waals surface area contributed by atoms with E-state index in [1.807, 2.05) is 0 Å². The van der Waals surface area contributed by atoms with Crippen molar-refractivity contribution in [2.45, 2.75) is 12.8 Å². The number of anilines is 2. The average Bonchev–Trinajstić information content (AvgIpc) is 3.37. The molecular formula is C22H24BrN3O4. The highest BCUT2D eigenvalue weighted by Gasteiger charge is 2.38. The minimum atomic E-state index is -0.382. The number of carbonyl (C=O) groups excluding carboxylic acids is 2. The standard InChI is InChI=1S/C22H24BrN3O4/c1-29-20-14-18(8-9-19(20)30-13-12-24-10-2-3-11-24)25-15-21(27)26(22(25)28)17-6-4-16(23)5-7-17/h4-9,14H,2-3,10-13,15H2,1H3. The minimum absolute atomic E-state index is 0.0206. The predicted molar refractivity (Wildman–Crippen MR) is 119 cm³/mol. The molecule has 2 heterocycles. The van der Waals surface area contributed by atoms with E-state index in [2.05, 4.69) is 20.8 Å². The fourth-order valence-corrected chi connectivity index (χ4v) is 4.05. The first-order valence-corrected chi connectivity index (χ1v) is 10.8. The van der Waals surface area contributed by atoms with E-state index in [-0.39, 0.29) is 18.5 Å². The SMILES string of the molecule is COc1cc(N2CC(=O)N(c3ccc(Br)cc3)C2=O)ccc1OCCN1CCCC1. The zero-order valence-electron chi connectivity index (χ0n) is 16.8. The maximum absolute atomic E-state index is 12.9. The lowest BCUT2D eigenvalue weighted by Gasteiger charge is -2.20.